The van der Waals surface area contributed by atoms with Gasteiger partial charge in [-0.2, -0.15) is 11.3 Å². The van der Waals surface area contributed by atoms with Gasteiger partial charge in [0.15, 0.2) is 0 Å². The standard InChI is InChI=1S/C11H15O6PS/c12-10(13)2-1-9(11(14)15)6-18(16,17)5-8-3-4-19-7-8/h3-4,7,9H,1-2,5-6H2,(H,12,13)(H,14,15)(H,16,17). The molecule has 0 spiro atoms. The molecule has 8 heteroatoms. The van der Waals surface area contributed by atoms with Gasteiger partial charge in [0.25, 0.3) is 0 Å². The maximum absolute atomic E-state index is 12.0. The average Bonchev–Trinajstić information content (AvgIpc) is 2.75. The minimum absolute atomic E-state index is 0.0760. The van der Waals surface area contributed by atoms with Gasteiger partial charge in [-0.3, -0.25) is 14.2 Å². The zero-order valence-electron chi connectivity index (χ0n) is 10.1. The molecule has 0 fully saturated rings. The number of thiophene rings is 1. The molecule has 0 amide bonds. The molecule has 1 heterocycles. The zero-order valence-corrected chi connectivity index (χ0v) is 11.8. The van der Waals surface area contributed by atoms with Crippen LogP contribution in [0.4, 0.5) is 0 Å². The molecule has 0 aliphatic carbocycles. The molecule has 1 rings (SSSR count). The SMILES string of the molecule is O=C(O)CCC(CP(=O)(O)Cc1ccsc1)C(=O)O. The molecule has 1 aromatic heterocycles. The Balaban J connectivity index is 2.63. The molecule has 6 nitrogen and oxygen atoms in total. The molecular weight excluding hydrogens is 291 g/mol. The highest BCUT2D eigenvalue weighted by atomic mass is 32.1. The summed E-state index contributed by atoms with van der Waals surface area (Å²) in [7, 11) is -3.62. The van der Waals surface area contributed by atoms with Crippen LogP contribution in [0.3, 0.4) is 0 Å². The molecule has 0 aliphatic rings. The summed E-state index contributed by atoms with van der Waals surface area (Å²) in [6, 6.07) is 1.71. The third kappa shape index (κ3) is 6.00. The number of rotatable bonds is 8. The van der Waals surface area contributed by atoms with Crippen molar-refractivity contribution in [2.75, 3.05) is 6.16 Å². The summed E-state index contributed by atoms with van der Waals surface area (Å²) in [4.78, 5) is 31.2. The van der Waals surface area contributed by atoms with Gasteiger partial charge in [0.2, 0.25) is 7.37 Å². The van der Waals surface area contributed by atoms with E-state index in [1.165, 1.54) is 11.3 Å². The van der Waals surface area contributed by atoms with E-state index in [0.29, 0.717) is 5.56 Å². The lowest BCUT2D eigenvalue weighted by atomic mass is 10.1. The van der Waals surface area contributed by atoms with Crippen LogP contribution in [0.5, 0.6) is 0 Å². The van der Waals surface area contributed by atoms with E-state index in [0.717, 1.165) is 0 Å². The number of aliphatic carboxylic acids is 2. The van der Waals surface area contributed by atoms with Crippen LogP contribution in [0.15, 0.2) is 16.8 Å². The smallest absolute Gasteiger partial charge is 0.307 e. The van der Waals surface area contributed by atoms with Crippen molar-refractivity contribution in [3.63, 3.8) is 0 Å². The summed E-state index contributed by atoms with van der Waals surface area (Å²) in [6.07, 6.45) is -0.937. The third-order valence-corrected chi connectivity index (χ3v) is 5.17. The number of carboxylic acids is 2. The summed E-state index contributed by atoms with van der Waals surface area (Å²) < 4.78 is 12.0. The minimum Gasteiger partial charge on any atom is -0.481 e. The Labute approximate surface area is 114 Å². The maximum atomic E-state index is 12.0. The fourth-order valence-electron chi connectivity index (χ4n) is 1.67. The Hall–Kier alpha value is -1.17. The quantitative estimate of drug-likeness (QED) is 0.634. The second kappa shape index (κ2) is 6.84. The van der Waals surface area contributed by atoms with Crippen LogP contribution in [-0.4, -0.2) is 33.2 Å². The normalized spacial score (nSPS) is 15.6. The van der Waals surface area contributed by atoms with E-state index in [1.807, 2.05) is 0 Å². The lowest BCUT2D eigenvalue weighted by Gasteiger charge is -2.16. The molecule has 106 valence electrons. The first kappa shape index (κ1) is 15.9. The molecule has 0 aliphatic heterocycles. The van der Waals surface area contributed by atoms with Crippen molar-refractivity contribution in [2.45, 2.75) is 19.0 Å². The Morgan fingerprint density at radius 2 is 2.05 bits per heavy atom. The summed E-state index contributed by atoms with van der Waals surface area (Å²) in [5.74, 6) is -3.46. The van der Waals surface area contributed by atoms with E-state index in [9.17, 15) is 19.0 Å². The van der Waals surface area contributed by atoms with Crippen molar-refractivity contribution < 1.29 is 29.3 Å². The maximum Gasteiger partial charge on any atom is 0.307 e. The summed E-state index contributed by atoms with van der Waals surface area (Å²) in [6.45, 7) is 0. The topological polar surface area (TPSA) is 112 Å². The molecule has 19 heavy (non-hydrogen) atoms. The Morgan fingerprint density at radius 1 is 1.37 bits per heavy atom. The van der Waals surface area contributed by atoms with Crippen molar-refractivity contribution in [2.24, 2.45) is 5.92 Å². The molecule has 0 saturated carbocycles. The van der Waals surface area contributed by atoms with Gasteiger partial charge >= 0.3 is 11.9 Å². The monoisotopic (exact) mass is 306 g/mol. The molecule has 2 unspecified atom stereocenters. The first-order valence-electron chi connectivity index (χ1n) is 5.56. The van der Waals surface area contributed by atoms with Crippen LogP contribution in [0.2, 0.25) is 0 Å². The summed E-state index contributed by atoms with van der Waals surface area (Å²) in [5.41, 5.74) is 0.693. The van der Waals surface area contributed by atoms with Crippen molar-refractivity contribution in [3.05, 3.63) is 22.4 Å². The first-order chi connectivity index (χ1) is 8.80. The van der Waals surface area contributed by atoms with E-state index >= 15 is 0 Å². The van der Waals surface area contributed by atoms with Crippen LogP contribution in [0.1, 0.15) is 18.4 Å². The van der Waals surface area contributed by atoms with Gasteiger partial charge in [-0.05, 0) is 28.8 Å². The van der Waals surface area contributed by atoms with Crippen molar-refractivity contribution in [3.8, 4) is 0 Å². The van der Waals surface area contributed by atoms with Crippen LogP contribution >= 0.6 is 18.7 Å². The molecule has 2 atom stereocenters. The summed E-state index contributed by atoms with van der Waals surface area (Å²) in [5, 5.41) is 21.0. The van der Waals surface area contributed by atoms with E-state index in [-0.39, 0.29) is 19.0 Å². The fourth-order valence-corrected chi connectivity index (χ4v) is 4.38. The van der Waals surface area contributed by atoms with Gasteiger partial charge < -0.3 is 15.1 Å². The second-order valence-electron chi connectivity index (χ2n) is 4.29. The highest BCUT2D eigenvalue weighted by Crippen LogP contribution is 2.47. The molecule has 1 aromatic rings. The van der Waals surface area contributed by atoms with E-state index in [1.54, 1.807) is 16.8 Å². The molecule has 0 saturated heterocycles. The van der Waals surface area contributed by atoms with Crippen molar-refractivity contribution in [1.82, 2.24) is 0 Å². The van der Waals surface area contributed by atoms with Crippen LogP contribution in [0.25, 0.3) is 0 Å². The second-order valence-corrected chi connectivity index (χ2v) is 7.44. The van der Waals surface area contributed by atoms with Gasteiger partial charge in [0.1, 0.15) is 0 Å². The predicted molar refractivity (Wildman–Crippen MR) is 70.7 cm³/mol. The van der Waals surface area contributed by atoms with Crippen molar-refractivity contribution in [1.29, 1.82) is 0 Å². The number of hydrogen-bond acceptors (Lipinski definition) is 4. The first-order valence-corrected chi connectivity index (χ1v) is 8.54. The molecule has 0 radical (unpaired) electrons. The number of carboxylic acid groups (broad SMARTS) is 2. The van der Waals surface area contributed by atoms with E-state index in [2.05, 4.69) is 0 Å². The lowest BCUT2D eigenvalue weighted by Crippen LogP contribution is -2.19. The molecule has 3 N–H and O–H groups in total. The minimum atomic E-state index is -3.62. The fraction of sp³-hybridized carbons (Fsp3) is 0.455. The summed E-state index contributed by atoms with van der Waals surface area (Å²) >= 11 is 1.39. The molecular formula is C11H15O6PS. The van der Waals surface area contributed by atoms with Gasteiger partial charge in [-0.15, -0.1) is 0 Å². The third-order valence-electron chi connectivity index (χ3n) is 2.57. The largest absolute Gasteiger partial charge is 0.481 e. The van der Waals surface area contributed by atoms with Gasteiger partial charge in [0, 0.05) is 12.6 Å². The zero-order chi connectivity index (χ0) is 14.5. The van der Waals surface area contributed by atoms with Crippen LogP contribution in [-0.2, 0) is 20.3 Å². The molecule has 0 aromatic carbocycles. The Kier molecular flexibility index (Phi) is 5.72. The highest BCUT2D eigenvalue weighted by molar-refractivity contribution is 7.57. The Bertz CT molecular complexity index is 483. The van der Waals surface area contributed by atoms with Gasteiger partial charge in [-0.1, -0.05) is 0 Å². The predicted octanol–water partition coefficient (Wildman–Crippen LogP) is 2.08. The van der Waals surface area contributed by atoms with Crippen molar-refractivity contribution >= 4 is 30.6 Å². The highest BCUT2D eigenvalue weighted by Gasteiger charge is 2.29. The van der Waals surface area contributed by atoms with E-state index in [4.69, 9.17) is 10.2 Å². The van der Waals surface area contributed by atoms with Crippen LogP contribution < -0.4 is 0 Å². The number of carbonyl (C=O) groups is 2. The molecule has 0 bridgehead atoms. The van der Waals surface area contributed by atoms with Crippen LogP contribution in [0, 0.1) is 5.92 Å². The lowest BCUT2D eigenvalue weighted by molar-refractivity contribution is -0.142. The number of hydrogen-bond donors (Lipinski definition) is 3. The van der Waals surface area contributed by atoms with Gasteiger partial charge in [0.05, 0.1) is 12.1 Å². The average molecular weight is 306 g/mol. The van der Waals surface area contributed by atoms with Gasteiger partial charge in [-0.25, -0.2) is 0 Å². The Morgan fingerprint density at radius 3 is 2.53 bits per heavy atom. The van der Waals surface area contributed by atoms with E-state index < -0.39 is 31.4 Å².